The van der Waals surface area contributed by atoms with E-state index in [1.54, 1.807) is 36.3 Å². The fourth-order valence-corrected chi connectivity index (χ4v) is 4.57. The van der Waals surface area contributed by atoms with Gasteiger partial charge in [0.2, 0.25) is 5.95 Å². The van der Waals surface area contributed by atoms with Crippen molar-refractivity contribution in [3.8, 4) is 22.8 Å². The lowest BCUT2D eigenvalue weighted by atomic mass is 10.0. The van der Waals surface area contributed by atoms with E-state index in [1.165, 1.54) is 46.9 Å². The number of hydrazine groups is 1. The zero-order valence-electron chi connectivity index (χ0n) is 18.5. The summed E-state index contributed by atoms with van der Waals surface area (Å²) in [6.45, 7) is 1.83. The first kappa shape index (κ1) is 24.9. The number of rotatable bonds is 8. The molecule has 4 aromatic rings. The van der Waals surface area contributed by atoms with Crippen LogP contribution in [0.25, 0.3) is 16.8 Å². The summed E-state index contributed by atoms with van der Waals surface area (Å²) < 4.78 is 37.4. The van der Waals surface area contributed by atoms with Crippen LogP contribution in [0.5, 0.6) is 11.5 Å². The topological polar surface area (TPSA) is 89.2 Å². The van der Waals surface area contributed by atoms with E-state index in [1.807, 2.05) is 6.92 Å². The van der Waals surface area contributed by atoms with Gasteiger partial charge in [-0.25, -0.2) is 20.2 Å². The zero-order valence-corrected chi connectivity index (χ0v) is 20.9. The smallest absolute Gasteiger partial charge is 0.213 e. The molecule has 0 bridgehead atoms. The van der Waals surface area contributed by atoms with Gasteiger partial charge in [-0.05, 0) is 42.6 Å². The minimum absolute atomic E-state index is 0.113. The van der Waals surface area contributed by atoms with Gasteiger partial charge in [-0.15, -0.1) is 11.3 Å². The number of nitrogens with zero attached hydrogens (tertiary/aromatic N) is 4. The molecule has 0 radical (unpaired) electrons. The fraction of sp³-hybridized carbons (Fsp3) is 0.0870. The summed E-state index contributed by atoms with van der Waals surface area (Å²) >= 11 is 8.89. The number of halogens is 3. The van der Waals surface area contributed by atoms with Crippen LogP contribution >= 0.6 is 34.9 Å². The first-order valence-corrected chi connectivity index (χ1v) is 12.2. The van der Waals surface area contributed by atoms with Crippen molar-refractivity contribution in [2.24, 2.45) is 5.84 Å². The van der Waals surface area contributed by atoms with E-state index in [-0.39, 0.29) is 15.7 Å². The average molecular weight is 533 g/mol. The highest BCUT2D eigenvalue weighted by molar-refractivity contribution is 8.00. The molecule has 3 heterocycles. The van der Waals surface area contributed by atoms with Gasteiger partial charge < -0.3 is 14.5 Å². The first-order valence-electron chi connectivity index (χ1n) is 10.1. The summed E-state index contributed by atoms with van der Waals surface area (Å²) in [7, 11) is 1.67. The van der Waals surface area contributed by atoms with Gasteiger partial charge in [0, 0.05) is 48.1 Å². The van der Waals surface area contributed by atoms with E-state index in [0.29, 0.717) is 28.4 Å². The molecular formula is C23H19ClF2N6OS2. The Kier molecular flexibility index (Phi) is 7.81. The van der Waals surface area contributed by atoms with Gasteiger partial charge in [0.05, 0.1) is 27.3 Å². The highest BCUT2D eigenvalue weighted by atomic mass is 35.5. The monoisotopic (exact) mass is 532 g/mol. The number of benzene rings is 1. The Morgan fingerprint density at radius 2 is 2.03 bits per heavy atom. The van der Waals surface area contributed by atoms with Gasteiger partial charge in [-0.3, -0.25) is 4.98 Å². The molecule has 0 atom stereocenters. The third kappa shape index (κ3) is 6.25. The zero-order chi connectivity index (χ0) is 24.9. The minimum atomic E-state index is -0.621. The summed E-state index contributed by atoms with van der Waals surface area (Å²) in [6.07, 6.45) is 4.51. The molecule has 0 saturated heterocycles. The SMILES string of the molecule is C/C(=C\N(C)N)c1cc(-c2ccnc(F)c2)ncc1Oc1cc(F)c(SNc2cscn2)cc1Cl. The molecule has 180 valence electrons. The summed E-state index contributed by atoms with van der Waals surface area (Å²) in [6, 6.07) is 7.33. The number of allylic oxidation sites excluding steroid dienone is 1. The van der Waals surface area contributed by atoms with Crippen LogP contribution in [0.2, 0.25) is 5.02 Å². The molecule has 0 unspecified atom stereocenters. The molecule has 0 amide bonds. The summed E-state index contributed by atoms with van der Waals surface area (Å²) in [5, 5.41) is 3.40. The largest absolute Gasteiger partial charge is 0.453 e. The quantitative estimate of drug-likeness (QED) is 0.113. The fourth-order valence-electron chi connectivity index (χ4n) is 3.08. The maximum Gasteiger partial charge on any atom is 0.213 e. The van der Waals surface area contributed by atoms with Crippen molar-refractivity contribution in [1.29, 1.82) is 0 Å². The second-order valence-corrected chi connectivity index (χ2v) is 9.28. The lowest BCUT2D eigenvalue weighted by Crippen LogP contribution is -2.19. The Balaban J connectivity index is 1.66. The van der Waals surface area contributed by atoms with Gasteiger partial charge >= 0.3 is 0 Å². The lowest BCUT2D eigenvalue weighted by Gasteiger charge is -2.16. The summed E-state index contributed by atoms with van der Waals surface area (Å²) in [5.41, 5.74) is 4.06. The molecule has 0 aliphatic rings. The van der Waals surface area contributed by atoms with Gasteiger partial charge in [-0.1, -0.05) is 11.6 Å². The number of thiazole rings is 1. The number of hydrogen-bond acceptors (Lipinski definition) is 9. The van der Waals surface area contributed by atoms with E-state index in [9.17, 15) is 8.78 Å². The van der Waals surface area contributed by atoms with E-state index >= 15 is 0 Å². The van der Waals surface area contributed by atoms with E-state index in [0.717, 1.165) is 17.5 Å². The number of hydrogen-bond donors (Lipinski definition) is 2. The van der Waals surface area contributed by atoms with Crippen molar-refractivity contribution in [2.75, 3.05) is 11.8 Å². The molecule has 1 aromatic carbocycles. The molecule has 0 aliphatic carbocycles. The van der Waals surface area contributed by atoms with Crippen LogP contribution in [0.1, 0.15) is 12.5 Å². The predicted molar refractivity (Wildman–Crippen MR) is 136 cm³/mol. The van der Waals surface area contributed by atoms with Crippen LogP contribution in [0.4, 0.5) is 14.6 Å². The van der Waals surface area contributed by atoms with E-state index in [4.69, 9.17) is 22.2 Å². The summed E-state index contributed by atoms with van der Waals surface area (Å²) in [5.74, 6) is 5.69. The average Bonchev–Trinajstić information content (AvgIpc) is 3.34. The van der Waals surface area contributed by atoms with Crippen molar-refractivity contribution < 1.29 is 13.5 Å². The van der Waals surface area contributed by atoms with Gasteiger partial charge in [0.25, 0.3) is 0 Å². The standard InChI is InChI=1S/C23H19ClF2N6OS2/c1-13(10-32(2)27)15-6-18(14-3-4-28-22(26)5-14)29-9-20(15)33-19-8-17(25)21(7-16(19)24)35-31-23-11-34-12-30-23/h3-12,31H,27H2,1-2H3/b13-10+. The van der Waals surface area contributed by atoms with E-state index < -0.39 is 11.8 Å². The molecule has 0 aliphatic heterocycles. The van der Waals surface area contributed by atoms with Crippen molar-refractivity contribution in [2.45, 2.75) is 11.8 Å². The molecule has 4 rings (SSSR count). The van der Waals surface area contributed by atoms with Crippen molar-refractivity contribution >= 4 is 46.3 Å². The maximum absolute atomic E-state index is 14.8. The van der Waals surface area contributed by atoms with Crippen LogP contribution in [0.15, 0.2) is 64.7 Å². The molecule has 3 aromatic heterocycles. The molecule has 3 N–H and O–H groups in total. The highest BCUT2D eigenvalue weighted by Gasteiger charge is 2.16. The Labute approximate surface area is 213 Å². The lowest BCUT2D eigenvalue weighted by molar-refractivity contribution is 0.469. The second kappa shape index (κ2) is 11.0. The van der Waals surface area contributed by atoms with Crippen LogP contribution in [0.3, 0.4) is 0 Å². The third-order valence-electron chi connectivity index (χ3n) is 4.62. The molecule has 0 saturated carbocycles. The summed E-state index contributed by atoms with van der Waals surface area (Å²) in [4.78, 5) is 12.3. The highest BCUT2D eigenvalue weighted by Crippen LogP contribution is 2.38. The van der Waals surface area contributed by atoms with E-state index in [2.05, 4.69) is 19.7 Å². The number of ether oxygens (including phenoxy) is 1. The number of nitrogens with one attached hydrogen (secondary N) is 1. The van der Waals surface area contributed by atoms with Crippen LogP contribution in [-0.4, -0.2) is 27.0 Å². The Morgan fingerprint density at radius 3 is 2.74 bits per heavy atom. The number of aromatic nitrogens is 3. The van der Waals surface area contributed by atoms with Crippen molar-refractivity contribution in [3.63, 3.8) is 0 Å². The molecule has 0 spiro atoms. The van der Waals surface area contributed by atoms with Crippen molar-refractivity contribution in [3.05, 3.63) is 82.2 Å². The van der Waals surface area contributed by atoms with Gasteiger partial charge in [0.15, 0.2) is 5.75 Å². The molecule has 7 nitrogen and oxygen atoms in total. The Bertz CT molecular complexity index is 1370. The molecule has 0 fully saturated rings. The third-order valence-corrected chi connectivity index (χ3v) is 6.34. The maximum atomic E-state index is 14.8. The normalized spacial score (nSPS) is 11.4. The van der Waals surface area contributed by atoms with Crippen LogP contribution in [-0.2, 0) is 0 Å². The number of nitrogens with two attached hydrogens (primary N) is 1. The second-order valence-electron chi connectivity index (χ2n) is 7.30. The van der Waals surface area contributed by atoms with Gasteiger partial charge in [-0.2, -0.15) is 4.39 Å². The van der Waals surface area contributed by atoms with Crippen molar-refractivity contribution in [1.82, 2.24) is 20.0 Å². The number of pyridine rings is 2. The van der Waals surface area contributed by atoms with Gasteiger partial charge in [0.1, 0.15) is 17.4 Å². The Morgan fingerprint density at radius 1 is 1.20 bits per heavy atom. The van der Waals surface area contributed by atoms with Crippen LogP contribution < -0.4 is 15.3 Å². The first-order chi connectivity index (χ1) is 16.8. The minimum Gasteiger partial charge on any atom is -0.453 e. The van der Waals surface area contributed by atoms with Crippen LogP contribution in [0, 0.1) is 11.8 Å². The Hall–Kier alpha value is -3.25. The number of anilines is 1. The molecule has 35 heavy (non-hydrogen) atoms. The predicted octanol–water partition coefficient (Wildman–Crippen LogP) is 6.61. The molecule has 12 heteroatoms. The molecular weight excluding hydrogens is 514 g/mol.